The smallest absolute Gasteiger partial charge is 0.310 e. The van der Waals surface area contributed by atoms with E-state index in [0.29, 0.717) is 41.6 Å². The molecule has 1 aliphatic carbocycles. The van der Waals surface area contributed by atoms with Crippen molar-refractivity contribution in [2.45, 2.75) is 32.7 Å². The minimum atomic E-state index is -0.347. The Bertz CT molecular complexity index is 1280. The summed E-state index contributed by atoms with van der Waals surface area (Å²) in [6.45, 7) is 3.25. The van der Waals surface area contributed by atoms with E-state index in [2.05, 4.69) is 10.3 Å². The van der Waals surface area contributed by atoms with E-state index in [1.165, 1.54) is 12.8 Å². The van der Waals surface area contributed by atoms with Gasteiger partial charge in [-0.3, -0.25) is 14.6 Å². The van der Waals surface area contributed by atoms with Crippen LogP contribution in [0, 0.1) is 5.92 Å². The minimum Gasteiger partial charge on any atom is -0.466 e. The second-order valence-corrected chi connectivity index (χ2v) is 8.96. The van der Waals surface area contributed by atoms with Crippen LogP contribution in [0.15, 0.2) is 65.7 Å². The Morgan fingerprint density at radius 1 is 1.11 bits per heavy atom. The third-order valence-electron chi connectivity index (χ3n) is 6.13. The second kappa shape index (κ2) is 11.6. The van der Waals surface area contributed by atoms with Gasteiger partial charge in [0.1, 0.15) is 0 Å². The molecule has 0 aromatic heterocycles. The van der Waals surface area contributed by atoms with Crippen molar-refractivity contribution < 1.29 is 14.3 Å². The summed E-state index contributed by atoms with van der Waals surface area (Å²) in [5.74, 6) is -0.0118. The van der Waals surface area contributed by atoms with Crippen LogP contribution < -0.4 is 16.8 Å². The molecule has 0 bridgehead atoms. The number of esters is 1. The molecule has 1 amide bonds. The molecule has 1 fully saturated rings. The van der Waals surface area contributed by atoms with Gasteiger partial charge in [0, 0.05) is 41.8 Å². The molecule has 0 unspecified atom stereocenters. The predicted molar refractivity (Wildman–Crippen MR) is 144 cm³/mol. The van der Waals surface area contributed by atoms with Crippen molar-refractivity contribution in [3.05, 3.63) is 82.9 Å². The molecule has 0 spiro atoms. The van der Waals surface area contributed by atoms with E-state index in [1.54, 1.807) is 25.1 Å². The monoisotopic (exact) mass is 484 g/mol. The lowest BCUT2D eigenvalue weighted by Gasteiger charge is -2.15. The van der Waals surface area contributed by atoms with Crippen molar-refractivity contribution in [1.82, 2.24) is 0 Å². The average molecular weight is 485 g/mol. The molecule has 36 heavy (non-hydrogen) atoms. The fraction of sp³-hybridized carbons (Fsp3) is 0.276. The maximum absolute atomic E-state index is 13.3. The molecule has 5 N–H and O–H groups in total. The van der Waals surface area contributed by atoms with Gasteiger partial charge in [-0.1, -0.05) is 36.4 Å². The van der Waals surface area contributed by atoms with Gasteiger partial charge in [-0.2, -0.15) is 0 Å². The molecule has 0 radical (unpaired) electrons. The summed E-state index contributed by atoms with van der Waals surface area (Å²) in [5, 5.41) is 2.93. The first-order valence-corrected chi connectivity index (χ1v) is 12.3. The van der Waals surface area contributed by atoms with Crippen molar-refractivity contribution in [3.8, 4) is 11.1 Å². The highest BCUT2D eigenvalue weighted by atomic mass is 16.5. The summed E-state index contributed by atoms with van der Waals surface area (Å²) < 4.78 is 5.06. The lowest BCUT2D eigenvalue weighted by atomic mass is 9.94. The molecule has 0 heterocycles. The van der Waals surface area contributed by atoms with Crippen LogP contribution in [0.5, 0.6) is 0 Å². The van der Waals surface area contributed by atoms with Gasteiger partial charge in [0.15, 0.2) is 0 Å². The van der Waals surface area contributed by atoms with Crippen LogP contribution >= 0.6 is 0 Å². The van der Waals surface area contributed by atoms with Crippen LogP contribution in [-0.2, 0) is 22.5 Å². The van der Waals surface area contributed by atoms with Crippen LogP contribution in [0.1, 0.15) is 46.8 Å². The number of hydrogen-bond donors (Lipinski definition) is 3. The van der Waals surface area contributed by atoms with Gasteiger partial charge in [0.2, 0.25) is 0 Å². The molecule has 3 aromatic carbocycles. The standard InChI is InChI=1S/C29H32N4O3/c1-2-36-28(34)15-22-7-3-4-9-27(22)33-29(35)23-13-24(21-8-5-6-20(12-21)16-30)25(26(31)14-23)18-32-17-19-10-11-19/h3-9,12-14,18-19H,2,10-11,15-17,30-31H2,1H3,(H,33,35). The molecule has 0 atom stereocenters. The number of hydrogen-bond acceptors (Lipinski definition) is 6. The van der Waals surface area contributed by atoms with Gasteiger partial charge in [-0.25, -0.2) is 0 Å². The number of nitrogens with zero attached hydrogens (tertiary/aromatic N) is 1. The van der Waals surface area contributed by atoms with Gasteiger partial charge < -0.3 is 21.5 Å². The van der Waals surface area contributed by atoms with Crippen LogP contribution in [0.2, 0.25) is 0 Å². The minimum absolute atomic E-state index is 0.0694. The molecule has 186 valence electrons. The van der Waals surface area contributed by atoms with Crippen molar-refractivity contribution >= 4 is 29.5 Å². The number of para-hydroxylation sites is 1. The van der Waals surface area contributed by atoms with Crippen molar-refractivity contribution in [2.24, 2.45) is 16.6 Å². The van der Waals surface area contributed by atoms with E-state index in [0.717, 1.165) is 28.8 Å². The maximum Gasteiger partial charge on any atom is 0.310 e. The first-order chi connectivity index (χ1) is 17.5. The van der Waals surface area contributed by atoms with Gasteiger partial charge in [-0.05, 0) is 72.2 Å². The predicted octanol–water partition coefficient (Wildman–Crippen LogP) is 4.58. The zero-order chi connectivity index (χ0) is 25.5. The number of benzene rings is 3. The van der Waals surface area contributed by atoms with Gasteiger partial charge in [0.25, 0.3) is 5.91 Å². The first-order valence-electron chi connectivity index (χ1n) is 12.3. The summed E-state index contributed by atoms with van der Waals surface area (Å²) >= 11 is 0. The fourth-order valence-electron chi connectivity index (χ4n) is 4.01. The van der Waals surface area contributed by atoms with E-state index < -0.39 is 0 Å². The third-order valence-corrected chi connectivity index (χ3v) is 6.13. The number of amides is 1. The van der Waals surface area contributed by atoms with Crippen molar-refractivity contribution in [2.75, 3.05) is 24.2 Å². The van der Waals surface area contributed by atoms with Gasteiger partial charge in [0.05, 0.1) is 13.0 Å². The quantitative estimate of drug-likeness (QED) is 0.221. The molecule has 4 rings (SSSR count). The lowest BCUT2D eigenvalue weighted by molar-refractivity contribution is -0.142. The number of nitrogens with one attached hydrogen (secondary N) is 1. The number of nitrogen functional groups attached to an aromatic ring is 1. The topological polar surface area (TPSA) is 120 Å². The number of carbonyl (C=O) groups excluding carboxylic acids is 2. The molecular formula is C29H32N4O3. The largest absolute Gasteiger partial charge is 0.466 e. The van der Waals surface area contributed by atoms with Crippen LogP contribution in [0.4, 0.5) is 11.4 Å². The SMILES string of the molecule is CCOC(=O)Cc1ccccc1NC(=O)c1cc(N)c(C=NCC2CC2)c(-c2cccc(CN)c2)c1. The first kappa shape index (κ1) is 25.1. The van der Waals surface area contributed by atoms with Gasteiger partial charge >= 0.3 is 5.97 Å². The Morgan fingerprint density at radius 3 is 2.67 bits per heavy atom. The normalized spacial score (nSPS) is 13.1. The Labute approximate surface area is 211 Å². The summed E-state index contributed by atoms with van der Waals surface area (Å²) in [6.07, 6.45) is 4.32. The Balaban J connectivity index is 1.67. The summed E-state index contributed by atoms with van der Waals surface area (Å²) in [6, 6.07) is 18.6. The van der Waals surface area contributed by atoms with E-state index in [9.17, 15) is 9.59 Å². The number of anilines is 2. The van der Waals surface area contributed by atoms with E-state index >= 15 is 0 Å². The average Bonchev–Trinajstić information content (AvgIpc) is 3.70. The molecule has 7 heteroatoms. The Kier molecular flexibility index (Phi) is 8.13. The number of carbonyl (C=O) groups is 2. The fourth-order valence-corrected chi connectivity index (χ4v) is 4.01. The summed E-state index contributed by atoms with van der Waals surface area (Å²) in [5.41, 5.74) is 17.9. The summed E-state index contributed by atoms with van der Waals surface area (Å²) in [4.78, 5) is 30.0. The zero-order valence-electron chi connectivity index (χ0n) is 20.5. The second-order valence-electron chi connectivity index (χ2n) is 8.96. The molecule has 1 aliphatic rings. The highest BCUT2D eigenvalue weighted by Crippen LogP contribution is 2.31. The van der Waals surface area contributed by atoms with Crippen LogP contribution in [0.3, 0.4) is 0 Å². The van der Waals surface area contributed by atoms with E-state index in [-0.39, 0.29) is 18.3 Å². The highest BCUT2D eigenvalue weighted by molar-refractivity contribution is 6.08. The van der Waals surface area contributed by atoms with E-state index in [4.69, 9.17) is 16.2 Å². The number of nitrogens with two attached hydrogens (primary N) is 2. The maximum atomic E-state index is 13.3. The Morgan fingerprint density at radius 2 is 1.92 bits per heavy atom. The lowest BCUT2D eigenvalue weighted by Crippen LogP contribution is -2.16. The molecule has 0 saturated heterocycles. The Hall–Kier alpha value is -3.97. The van der Waals surface area contributed by atoms with E-state index in [1.807, 2.05) is 48.7 Å². The zero-order valence-corrected chi connectivity index (χ0v) is 20.5. The molecular weight excluding hydrogens is 452 g/mol. The van der Waals surface area contributed by atoms with Crippen LogP contribution in [0.25, 0.3) is 11.1 Å². The third kappa shape index (κ3) is 6.37. The molecule has 0 aliphatic heterocycles. The number of rotatable bonds is 10. The van der Waals surface area contributed by atoms with Gasteiger partial charge in [-0.15, -0.1) is 0 Å². The van der Waals surface area contributed by atoms with Crippen LogP contribution in [-0.4, -0.2) is 31.2 Å². The number of aliphatic imine (C=N–C) groups is 1. The molecule has 1 saturated carbocycles. The molecule has 3 aromatic rings. The summed E-state index contributed by atoms with van der Waals surface area (Å²) in [7, 11) is 0. The van der Waals surface area contributed by atoms with Crippen molar-refractivity contribution in [1.29, 1.82) is 0 Å². The van der Waals surface area contributed by atoms with Crippen molar-refractivity contribution in [3.63, 3.8) is 0 Å². The highest BCUT2D eigenvalue weighted by Gasteiger charge is 2.20. The number of ether oxygens (including phenoxy) is 1. The molecule has 7 nitrogen and oxygen atoms in total.